The van der Waals surface area contributed by atoms with E-state index >= 15 is 4.39 Å². The Kier molecular flexibility index (Phi) is 7.82. The van der Waals surface area contributed by atoms with Crippen LogP contribution in [0.4, 0.5) is 14.6 Å². The largest absolute Gasteiger partial charge is 0.507 e. The standard InChI is InChI=1S/C25H27F2N5OS4/c1-32(18-8-13-3-2-4-15(7-13)23(18)27)21-12-28-24(31-30-21)17-6-5-14(9-19(17)33)16-10-20(26)29-22(11-16)37-25(34,35)36/h5-6,9-13,15,18,23,33-36H,2-4,7-8H2,1H3/t13-,15+,18+,23-/m1/s1. The van der Waals surface area contributed by atoms with Crippen LogP contribution in [0, 0.1) is 17.8 Å². The van der Waals surface area contributed by atoms with Gasteiger partial charge in [0.1, 0.15) is 16.9 Å². The van der Waals surface area contributed by atoms with E-state index in [1.54, 1.807) is 24.4 Å². The minimum Gasteiger partial charge on any atom is -0.507 e. The van der Waals surface area contributed by atoms with Crippen LogP contribution in [-0.2, 0) is 0 Å². The van der Waals surface area contributed by atoms with Gasteiger partial charge in [0, 0.05) is 13.1 Å². The van der Waals surface area contributed by atoms with Gasteiger partial charge in [-0.15, -0.1) is 48.1 Å². The Balaban J connectivity index is 1.35. The first-order valence-corrected chi connectivity index (χ1v) is 14.2. The molecular formula is C25H27F2N5OS4. The Hall–Kier alpha value is -1.76. The van der Waals surface area contributed by atoms with Crippen molar-refractivity contribution in [2.24, 2.45) is 11.8 Å². The number of pyridine rings is 1. The highest BCUT2D eigenvalue weighted by atomic mass is 32.3. The molecule has 196 valence electrons. The van der Waals surface area contributed by atoms with Gasteiger partial charge < -0.3 is 10.0 Å². The second-order valence-corrected chi connectivity index (χ2v) is 14.9. The van der Waals surface area contributed by atoms with Crippen LogP contribution in [0.15, 0.2) is 41.6 Å². The molecule has 2 aliphatic rings. The minimum absolute atomic E-state index is 0.0808. The van der Waals surface area contributed by atoms with Crippen LogP contribution in [0.2, 0.25) is 0 Å². The summed E-state index contributed by atoms with van der Waals surface area (Å²) in [5, 5.41) is 19.6. The number of halogens is 2. The van der Waals surface area contributed by atoms with Gasteiger partial charge in [-0.25, -0.2) is 14.4 Å². The summed E-state index contributed by atoms with van der Waals surface area (Å²) in [5.41, 5.74) is 1.48. The summed E-state index contributed by atoms with van der Waals surface area (Å²) in [7, 11) is 1.84. The lowest BCUT2D eigenvalue weighted by Crippen LogP contribution is -2.49. The van der Waals surface area contributed by atoms with Crippen molar-refractivity contribution in [2.45, 2.75) is 52.1 Å². The molecule has 6 nitrogen and oxygen atoms in total. The normalized spacial score (nSPS) is 23.6. The number of thiol groups is 3. The van der Waals surface area contributed by atoms with E-state index in [1.165, 1.54) is 18.6 Å². The number of hydrogen-bond acceptors (Lipinski definition) is 10. The zero-order valence-electron chi connectivity index (χ0n) is 20.0. The molecule has 12 heteroatoms. The van der Waals surface area contributed by atoms with E-state index in [4.69, 9.17) is 0 Å². The predicted molar refractivity (Wildman–Crippen MR) is 153 cm³/mol. The van der Waals surface area contributed by atoms with Gasteiger partial charge in [0.05, 0.1) is 17.8 Å². The molecular weight excluding hydrogens is 553 g/mol. The molecule has 2 fully saturated rings. The lowest BCUT2D eigenvalue weighted by Gasteiger charge is -2.45. The summed E-state index contributed by atoms with van der Waals surface area (Å²) in [6.45, 7) is 0. The maximum atomic E-state index is 15.2. The number of anilines is 1. The molecule has 1 N–H and O–H groups in total. The van der Waals surface area contributed by atoms with Gasteiger partial charge in [0.25, 0.3) is 0 Å². The number of phenolic OH excluding ortho intramolecular Hbond substituents is 1. The fraction of sp³-hybridized carbons (Fsp3) is 0.440. The van der Waals surface area contributed by atoms with Crippen molar-refractivity contribution in [1.29, 1.82) is 0 Å². The molecule has 1 aromatic carbocycles. The molecule has 0 unspecified atom stereocenters. The van der Waals surface area contributed by atoms with Crippen molar-refractivity contribution in [2.75, 3.05) is 11.9 Å². The van der Waals surface area contributed by atoms with Crippen LogP contribution < -0.4 is 4.90 Å². The molecule has 0 spiro atoms. The number of hydrogen-bond donors (Lipinski definition) is 4. The highest BCUT2D eigenvalue weighted by Gasteiger charge is 2.42. The maximum absolute atomic E-state index is 15.2. The molecule has 0 radical (unpaired) electrons. The summed E-state index contributed by atoms with van der Waals surface area (Å²) in [5.74, 6) is 0.665. The molecule has 0 saturated heterocycles. The second-order valence-electron chi connectivity index (χ2n) is 9.72. The first-order chi connectivity index (χ1) is 17.6. The molecule has 37 heavy (non-hydrogen) atoms. The second kappa shape index (κ2) is 10.8. The number of aromatic hydroxyl groups is 1. The van der Waals surface area contributed by atoms with E-state index in [-0.39, 0.29) is 23.5 Å². The first kappa shape index (κ1) is 26.8. The summed E-state index contributed by atoms with van der Waals surface area (Å²) >= 11 is 13.7. The number of thioether (sulfide) groups is 1. The van der Waals surface area contributed by atoms with Gasteiger partial charge in [-0.2, -0.15) is 4.39 Å². The minimum atomic E-state index is -1.03. The SMILES string of the molecule is CN(c1cnc(-c2ccc(-c3cc(F)nc(SC(S)(S)S)c3)cc2O)nn1)[C@H]1C[C@@H]2CCC[C@@H](C2)[C@H]1F. The van der Waals surface area contributed by atoms with Crippen molar-refractivity contribution in [1.82, 2.24) is 20.2 Å². The number of alkyl halides is 1. The smallest absolute Gasteiger partial charge is 0.214 e. The molecule has 5 rings (SSSR count). The average Bonchev–Trinajstić information content (AvgIpc) is 2.85. The van der Waals surface area contributed by atoms with E-state index in [0.717, 1.165) is 37.4 Å². The summed E-state index contributed by atoms with van der Waals surface area (Å²) in [6.07, 6.45) is 5.70. The number of rotatable bonds is 6. The van der Waals surface area contributed by atoms with Crippen LogP contribution in [0.1, 0.15) is 32.1 Å². The third-order valence-electron chi connectivity index (χ3n) is 7.21. The third-order valence-corrected chi connectivity index (χ3v) is 8.72. The highest BCUT2D eigenvalue weighted by Crippen LogP contribution is 2.44. The Labute approximate surface area is 235 Å². The zero-order valence-corrected chi connectivity index (χ0v) is 23.5. The molecule has 4 atom stereocenters. The number of nitrogens with zero attached hydrogens (tertiary/aromatic N) is 5. The average molecular weight is 580 g/mol. The highest BCUT2D eigenvalue weighted by molar-refractivity contribution is 8.36. The number of aromatic nitrogens is 4. The van der Waals surface area contributed by atoms with Gasteiger partial charge in [0.15, 0.2) is 14.4 Å². The number of fused-ring (bicyclic) bond motifs is 2. The Morgan fingerprint density at radius 2 is 1.89 bits per heavy atom. The monoisotopic (exact) mass is 579 g/mol. The van der Waals surface area contributed by atoms with Crippen molar-refractivity contribution < 1.29 is 13.9 Å². The Bertz CT molecular complexity index is 1280. The van der Waals surface area contributed by atoms with Crippen molar-refractivity contribution in [3.05, 3.63) is 42.5 Å². The van der Waals surface area contributed by atoms with Crippen molar-refractivity contribution >= 4 is 55.5 Å². The predicted octanol–water partition coefficient (Wildman–Crippen LogP) is 6.29. The van der Waals surface area contributed by atoms with Crippen LogP contribution >= 0.6 is 49.6 Å². The summed E-state index contributed by atoms with van der Waals surface area (Å²) in [6, 6.07) is 7.59. The lowest BCUT2D eigenvalue weighted by molar-refractivity contribution is 0.0656. The lowest BCUT2D eigenvalue weighted by atomic mass is 9.69. The van der Waals surface area contributed by atoms with Crippen LogP contribution in [0.3, 0.4) is 0 Å². The molecule has 2 aromatic heterocycles. The molecule has 2 bridgehead atoms. The Morgan fingerprint density at radius 1 is 1.08 bits per heavy atom. The molecule has 3 aromatic rings. The van der Waals surface area contributed by atoms with Crippen LogP contribution in [0.25, 0.3) is 22.5 Å². The van der Waals surface area contributed by atoms with Gasteiger partial charge in [-0.3, -0.25) is 0 Å². The third kappa shape index (κ3) is 6.12. The van der Waals surface area contributed by atoms with E-state index in [1.807, 2.05) is 11.9 Å². The first-order valence-electron chi connectivity index (χ1n) is 12.0. The molecule has 2 saturated carbocycles. The fourth-order valence-electron chi connectivity index (χ4n) is 5.45. The van der Waals surface area contributed by atoms with E-state index < -0.39 is 14.9 Å². The molecule has 2 heterocycles. The van der Waals surface area contributed by atoms with E-state index in [2.05, 4.69) is 58.1 Å². The van der Waals surface area contributed by atoms with E-state index in [9.17, 15) is 9.50 Å². The molecule has 0 amide bonds. The summed E-state index contributed by atoms with van der Waals surface area (Å²) < 4.78 is 28.3. The molecule has 0 aliphatic heterocycles. The van der Waals surface area contributed by atoms with Crippen molar-refractivity contribution in [3.63, 3.8) is 0 Å². The maximum Gasteiger partial charge on any atom is 0.214 e. The number of benzene rings is 1. The quantitative estimate of drug-likeness (QED) is 0.118. The van der Waals surface area contributed by atoms with Crippen molar-refractivity contribution in [3.8, 4) is 28.3 Å². The van der Waals surface area contributed by atoms with Crippen LogP contribution in [-0.4, -0.2) is 47.3 Å². The number of phenols is 1. The van der Waals surface area contributed by atoms with Gasteiger partial charge >= 0.3 is 0 Å². The van der Waals surface area contributed by atoms with Gasteiger partial charge in [0.2, 0.25) is 5.95 Å². The van der Waals surface area contributed by atoms with Gasteiger partial charge in [-0.05, 0) is 60.4 Å². The van der Waals surface area contributed by atoms with Crippen LogP contribution in [0.5, 0.6) is 5.75 Å². The van der Waals surface area contributed by atoms with Gasteiger partial charge in [-0.1, -0.05) is 30.7 Å². The Morgan fingerprint density at radius 3 is 2.59 bits per heavy atom. The summed E-state index contributed by atoms with van der Waals surface area (Å²) in [4.78, 5) is 10.1. The zero-order chi connectivity index (χ0) is 26.3. The topological polar surface area (TPSA) is 75.0 Å². The fourth-order valence-corrected chi connectivity index (χ4v) is 6.89. The van der Waals surface area contributed by atoms with E-state index in [0.29, 0.717) is 33.5 Å². The molecule has 2 aliphatic carbocycles.